The van der Waals surface area contributed by atoms with Crippen LogP contribution >= 0.6 is 69.6 Å². The first kappa shape index (κ1) is 13.9. The molecule has 0 spiro atoms. The highest BCUT2D eigenvalue weighted by Crippen LogP contribution is 2.73. The van der Waals surface area contributed by atoms with Crippen LogP contribution in [0.5, 0.6) is 0 Å². The normalized spacial score (nSPS) is 38.9. The Bertz CT molecular complexity index is 332. The van der Waals surface area contributed by atoms with Crippen molar-refractivity contribution in [3.63, 3.8) is 0 Å². The Morgan fingerprint density at radius 2 is 1.69 bits per heavy atom. The molecule has 0 heterocycles. The summed E-state index contributed by atoms with van der Waals surface area (Å²) in [4.78, 5) is 0. The Hall–Kier alpha value is 1.48. The predicted molar refractivity (Wildman–Crippen MR) is 73.5 cm³/mol. The van der Waals surface area contributed by atoms with Gasteiger partial charge in [0.25, 0.3) is 0 Å². The molecule has 0 aliphatic heterocycles. The number of halogens is 6. The lowest BCUT2D eigenvalue weighted by molar-refractivity contribution is 0.189. The first-order chi connectivity index (χ1) is 7.40. The van der Waals surface area contributed by atoms with E-state index in [1.807, 2.05) is 6.08 Å². The van der Waals surface area contributed by atoms with Crippen LogP contribution in [0.2, 0.25) is 0 Å². The molecular formula is C10H10Cl6. The minimum atomic E-state index is -0.943. The number of allylic oxidation sites excluding steroid dienone is 2. The summed E-state index contributed by atoms with van der Waals surface area (Å²) in [6.45, 7) is 0. The maximum atomic E-state index is 6.39. The van der Waals surface area contributed by atoms with Crippen molar-refractivity contribution in [1.82, 2.24) is 0 Å². The fourth-order valence-electron chi connectivity index (χ4n) is 2.99. The van der Waals surface area contributed by atoms with Gasteiger partial charge >= 0.3 is 0 Å². The molecule has 0 aromatic carbocycles. The van der Waals surface area contributed by atoms with Gasteiger partial charge < -0.3 is 0 Å². The summed E-state index contributed by atoms with van der Waals surface area (Å²) in [6.07, 6.45) is 2.41. The lowest BCUT2D eigenvalue weighted by Gasteiger charge is -2.43. The average Bonchev–Trinajstić information content (AvgIpc) is 2.59. The van der Waals surface area contributed by atoms with Gasteiger partial charge in [-0.2, -0.15) is 0 Å². The summed E-state index contributed by atoms with van der Waals surface area (Å²) in [5, 5.41) is 0.735. The lowest BCUT2D eigenvalue weighted by atomic mass is 9.69. The van der Waals surface area contributed by atoms with Crippen molar-refractivity contribution >= 4 is 69.6 Å². The molecule has 92 valence electrons. The van der Waals surface area contributed by atoms with E-state index in [-0.39, 0.29) is 11.8 Å². The highest BCUT2D eigenvalue weighted by atomic mass is 35.5. The van der Waals surface area contributed by atoms with Crippen LogP contribution in [0.1, 0.15) is 6.42 Å². The molecule has 0 radical (unpaired) electrons. The fourth-order valence-corrected chi connectivity index (χ4v) is 6.23. The van der Waals surface area contributed by atoms with E-state index in [0.29, 0.717) is 18.2 Å². The highest BCUT2D eigenvalue weighted by Gasteiger charge is 2.73. The molecule has 2 atom stereocenters. The maximum Gasteiger partial charge on any atom is 0.129 e. The summed E-state index contributed by atoms with van der Waals surface area (Å²) in [7, 11) is 0. The van der Waals surface area contributed by atoms with Crippen molar-refractivity contribution in [2.75, 3.05) is 17.6 Å². The first-order valence-electron chi connectivity index (χ1n) is 4.85. The summed E-state index contributed by atoms with van der Waals surface area (Å²) in [5.74, 6) is 0.980. The van der Waals surface area contributed by atoms with Gasteiger partial charge in [0.05, 0.1) is 0 Å². The molecule has 0 saturated heterocycles. The molecule has 1 saturated carbocycles. The Morgan fingerprint density at radius 3 is 2.06 bits per heavy atom. The van der Waals surface area contributed by atoms with E-state index in [9.17, 15) is 0 Å². The summed E-state index contributed by atoms with van der Waals surface area (Å²) in [5.41, 5.74) is -1.06. The Kier molecular flexibility index (Phi) is 3.69. The average molecular weight is 343 g/mol. The fraction of sp³-hybridized carbons (Fsp3) is 0.800. The van der Waals surface area contributed by atoms with E-state index < -0.39 is 15.2 Å². The van der Waals surface area contributed by atoms with E-state index in [1.54, 1.807) is 0 Å². The zero-order valence-electron chi connectivity index (χ0n) is 8.25. The van der Waals surface area contributed by atoms with Gasteiger partial charge in [-0.25, -0.2) is 0 Å². The molecule has 16 heavy (non-hydrogen) atoms. The van der Waals surface area contributed by atoms with Crippen LogP contribution in [0.25, 0.3) is 0 Å². The van der Waals surface area contributed by atoms with E-state index in [1.165, 1.54) is 0 Å². The van der Waals surface area contributed by atoms with Gasteiger partial charge in [0.1, 0.15) is 4.33 Å². The maximum absolute atomic E-state index is 6.39. The largest absolute Gasteiger partial charge is 0.129 e. The van der Waals surface area contributed by atoms with Crippen LogP contribution in [0.3, 0.4) is 0 Å². The van der Waals surface area contributed by atoms with E-state index in [4.69, 9.17) is 69.6 Å². The lowest BCUT2D eigenvalue weighted by Crippen LogP contribution is -2.48. The van der Waals surface area contributed by atoms with E-state index >= 15 is 0 Å². The second-order valence-electron chi connectivity index (χ2n) is 4.52. The summed E-state index contributed by atoms with van der Waals surface area (Å²) >= 11 is 37.3. The third kappa shape index (κ3) is 1.38. The van der Waals surface area contributed by atoms with Crippen LogP contribution in [0.15, 0.2) is 11.1 Å². The molecule has 0 amide bonds. The molecule has 2 unspecified atom stereocenters. The number of alkyl halides is 5. The van der Waals surface area contributed by atoms with Gasteiger partial charge in [-0.1, -0.05) is 17.7 Å². The standard InChI is InChI=1S/C10H10Cl6/c11-3-8(4-12)6-1-10(15,16)9(8,5-13)2-7(6)14/h2,6H,1,3-5H2. The van der Waals surface area contributed by atoms with Crippen molar-refractivity contribution < 1.29 is 0 Å². The molecule has 6 heteroatoms. The molecule has 0 N–H and O–H groups in total. The van der Waals surface area contributed by atoms with Crippen molar-refractivity contribution in [2.24, 2.45) is 16.7 Å². The van der Waals surface area contributed by atoms with E-state index in [0.717, 1.165) is 5.03 Å². The molecular weight excluding hydrogens is 333 g/mol. The van der Waals surface area contributed by atoms with Crippen LogP contribution in [-0.4, -0.2) is 22.0 Å². The summed E-state index contributed by atoms with van der Waals surface area (Å²) in [6, 6.07) is 0. The third-order valence-corrected chi connectivity index (χ3v) is 6.80. The van der Waals surface area contributed by atoms with Gasteiger partial charge in [0, 0.05) is 39.4 Å². The zero-order chi connectivity index (χ0) is 12.2. The molecule has 2 rings (SSSR count). The molecule has 2 aliphatic rings. The van der Waals surface area contributed by atoms with Crippen LogP contribution in [0.4, 0.5) is 0 Å². The molecule has 0 aromatic heterocycles. The Labute approximate surface area is 125 Å². The SMILES string of the molecule is ClCC1(CCl)C2CC(Cl)(Cl)C1(CCl)C=C2Cl. The minimum Gasteiger partial charge on any atom is -0.126 e. The van der Waals surface area contributed by atoms with Crippen LogP contribution in [0, 0.1) is 16.7 Å². The van der Waals surface area contributed by atoms with Crippen molar-refractivity contribution in [3.8, 4) is 0 Å². The molecule has 2 bridgehead atoms. The van der Waals surface area contributed by atoms with Gasteiger partial charge in [-0.05, 0) is 6.42 Å². The Morgan fingerprint density at radius 1 is 1.12 bits per heavy atom. The first-order valence-corrected chi connectivity index (χ1v) is 7.58. The topological polar surface area (TPSA) is 0 Å². The van der Waals surface area contributed by atoms with Crippen molar-refractivity contribution in [2.45, 2.75) is 10.8 Å². The highest BCUT2D eigenvalue weighted by molar-refractivity contribution is 6.50. The quantitative estimate of drug-likeness (QED) is 0.633. The van der Waals surface area contributed by atoms with Gasteiger partial charge in [-0.15, -0.1) is 58.0 Å². The van der Waals surface area contributed by atoms with Gasteiger partial charge in [-0.3, -0.25) is 0 Å². The number of fused-ring (bicyclic) bond motifs is 2. The molecule has 0 aromatic rings. The molecule has 0 nitrogen and oxygen atoms in total. The monoisotopic (exact) mass is 340 g/mol. The molecule has 2 aliphatic carbocycles. The Balaban J connectivity index is 2.61. The van der Waals surface area contributed by atoms with E-state index in [2.05, 4.69) is 0 Å². The zero-order valence-corrected chi connectivity index (χ0v) is 12.8. The van der Waals surface area contributed by atoms with Gasteiger partial charge in [0.15, 0.2) is 0 Å². The predicted octanol–water partition coefficient (Wildman–Crippen LogP) is 5.01. The number of hydrogen-bond acceptors (Lipinski definition) is 0. The van der Waals surface area contributed by atoms with Crippen LogP contribution < -0.4 is 0 Å². The minimum absolute atomic E-state index is 0.0120. The van der Waals surface area contributed by atoms with Crippen LogP contribution in [-0.2, 0) is 0 Å². The van der Waals surface area contributed by atoms with Crippen molar-refractivity contribution in [1.29, 1.82) is 0 Å². The third-order valence-electron chi connectivity index (χ3n) is 4.07. The summed E-state index contributed by atoms with van der Waals surface area (Å²) < 4.78 is -0.943. The number of rotatable bonds is 3. The molecule has 1 fully saturated rings. The van der Waals surface area contributed by atoms with Gasteiger partial charge in [0.2, 0.25) is 0 Å². The number of hydrogen-bond donors (Lipinski definition) is 0. The second-order valence-corrected chi connectivity index (χ2v) is 7.24. The smallest absolute Gasteiger partial charge is 0.126 e. The van der Waals surface area contributed by atoms with Crippen molar-refractivity contribution in [3.05, 3.63) is 11.1 Å². The second kappa shape index (κ2) is 4.25.